The van der Waals surface area contributed by atoms with Gasteiger partial charge in [-0.1, -0.05) is 97.6 Å². The Kier molecular flexibility index (Phi) is 10.4. The van der Waals surface area contributed by atoms with E-state index in [-0.39, 0.29) is 13.0 Å². The van der Waals surface area contributed by atoms with Crippen molar-refractivity contribution in [3.63, 3.8) is 0 Å². The molecule has 0 aliphatic carbocycles. The molecule has 0 spiro atoms. The Hall–Kier alpha value is -4.65. The molecule has 0 heterocycles. The van der Waals surface area contributed by atoms with Gasteiger partial charge in [-0.3, -0.25) is 4.79 Å². The first kappa shape index (κ1) is 29.9. The van der Waals surface area contributed by atoms with Gasteiger partial charge in [-0.15, -0.1) is 0 Å². The fraction of sp³-hybridized carbons (Fsp3) is 0.152. The third-order valence-electron chi connectivity index (χ3n) is 6.23. The van der Waals surface area contributed by atoms with E-state index in [1.807, 2.05) is 55.5 Å². The highest BCUT2D eigenvalue weighted by molar-refractivity contribution is 5.94. The average molecular weight is 546 g/mol. The van der Waals surface area contributed by atoms with Crippen LogP contribution in [0.4, 0.5) is 13.2 Å². The molecule has 4 nitrogen and oxygen atoms in total. The molecule has 40 heavy (non-hydrogen) atoms. The highest BCUT2D eigenvalue weighted by Gasteiger charge is 2.30. The number of halogens is 3. The number of carbonyl (C=O) groups is 2. The van der Waals surface area contributed by atoms with Gasteiger partial charge in [0.1, 0.15) is 6.04 Å². The minimum Gasteiger partial charge on any atom is -0.480 e. The molecule has 0 aliphatic rings. The monoisotopic (exact) mass is 545 g/mol. The second kappa shape index (κ2) is 13.9. The highest BCUT2D eigenvalue weighted by atomic mass is 19.4. The summed E-state index contributed by atoms with van der Waals surface area (Å²) in [4.78, 5) is 27.0. The van der Waals surface area contributed by atoms with Crippen LogP contribution in [0.15, 0.2) is 116 Å². The van der Waals surface area contributed by atoms with Crippen molar-refractivity contribution in [2.45, 2.75) is 32.1 Å². The maximum Gasteiger partial charge on any atom is 0.416 e. The number of hydrogen-bond acceptors (Lipinski definition) is 2. The molecule has 1 N–H and O–H groups in total. The lowest BCUT2D eigenvalue weighted by molar-refractivity contribution is -0.148. The molecule has 0 bridgehead atoms. The summed E-state index contributed by atoms with van der Waals surface area (Å²) in [5.74, 6) is -1.73. The zero-order valence-corrected chi connectivity index (χ0v) is 22.0. The van der Waals surface area contributed by atoms with Gasteiger partial charge in [0.15, 0.2) is 0 Å². The number of benzene rings is 3. The third kappa shape index (κ3) is 8.70. The van der Waals surface area contributed by atoms with Crippen molar-refractivity contribution in [3.8, 4) is 0 Å². The topological polar surface area (TPSA) is 57.6 Å². The number of aliphatic carboxylic acids is 1. The van der Waals surface area contributed by atoms with Crippen molar-refractivity contribution in [1.29, 1.82) is 0 Å². The van der Waals surface area contributed by atoms with Crippen molar-refractivity contribution in [1.82, 2.24) is 4.90 Å². The van der Waals surface area contributed by atoms with E-state index in [0.717, 1.165) is 34.4 Å². The van der Waals surface area contributed by atoms with Crippen molar-refractivity contribution >= 4 is 23.5 Å². The predicted molar refractivity (Wildman–Crippen MR) is 152 cm³/mol. The van der Waals surface area contributed by atoms with Crippen LogP contribution < -0.4 is 0 Å². The summed E-state index contributed by atoms with van der Waals surface area (Å²) in [6.45, 7) is 5.63. The van der Waals surface area contributed by atoms with Crippen LogP contribution in [0.3, 0.4) is 0 Å². The fourth-order valence-corrected chi connectivity index (χ4v) is 4.00. The summed E-state index contributed by atoms with van der Waals surface area (Å²) >= 11 is 0. The zero-order valence-electron chi connectivity index (χ0n) is 22.0. The Labute approximate surface area is 232 Å². The van der Waals surface area contributed by atoms with E-state index in [0.29, 0.717) is 5.56 Å². The summed E-state index contributed by atoms with van der Waals surface area (Å²) in [6, 6.07) is 19.7. The maximum atomic E-state index is 13.4. The van der Waals surface area contributed by atoms with Gasteiger partial charge < -0.3 is 10.0 Å². The van der Waals surface area contributed by atoms with Crippen molar-refractivity contribution in [2.24, 2.45) is 0 Å². The summed E-state index contributed by atoms with van der Waals surface area (Å²) in [5.41, 5.74) is 3.06. The average Bonchev–Trinajstić information content (AvgIpc) is 2.94. The van der Waals surface area contributed by atoms with E-state index in [9.17, 15) is 27.9 Å². The standard InChI is InChI=1S/C33H30F3NO3/c1-3-4-6-9-24(2)28-17-12-27(13-18-28)23-37(30(32(39)40)22-26-10-7-5-8-11-26)31(38)21-16-25-14-19-29(20-15-25)33(34,35)36/h3-21,30H,1,22-23H2,2H3,(H,39,40)/b6-4-,21-16+,24-9+/t30-/m0/s1. The van der Waals surface area contributed by atoms with Gasteiger partial charge in [0, 0.05) is 19.0 Å². The van der Waals surface area contributed by atoms with Crippen LogP contribution in [-0.4, -0.2) is 27.9 Å². The summed E-state index contributed by atoms with van der Waals surface area (Å²) in [6.07, 6.45) is 5.51. The maximum absolute atomic E-state index is 13.4. The van der Waals surface area contributed by atoms with Gasteiger partial charge in [-0.05, 0) is 53.0 Å². The normalized spacial score (nSPS) is 12.9. The van der Waals surface area contributed by atoms with Crippen LogP contribution in [0.25, 0.3) is 11.6 Å². The number of hydrogen-bond donors (Lipinski definition) is 1. The van der Waals surface area contributed by atoms with Crippen molar-refractivity contribution < 1.29 is 27.9 Å². The quantitative estimate of drug-likeness (QED) is 0.200. The number of nitrogens with zero attached hydrogens (tertiary/aromatic N) is 1. The number of allylic oxidation sites excluding steroid dienone is 5. The van der Waals surface area contributed by atoms with E-state index >= 15 is 0 Å². The van der Waals surface area contributed by atoms with Crippen LogP contribution in [-0.2, 0) is 28.7 Å². The van der Waals surface area contributed by atoms with Crippen molar-refractivity contribution in [2.75, 3.05) is 0 Å². The van der Waals surface area contributed by atoms with E-state index in [1.165, 1.54) is 29.2 Å². The SMILES string of the molecule is C=C/C=C\C=C(/C)c1ccc(CN(C(=O)/C=C/c2ccc(C(F)(F)F)cc2)[C@@H](Cc2ccccc2)C(=O)O)cc1. The first-order chi connectivity index (χ1) is 19.1. The molecule has 7 heteroatoms. The number of amides is 1. The molecule has 0 saturated carbocycles. The Bertz CT molecular complexity index is 1390. The number of carboxylic acids is 1. The van der Waals surface area contributed by atoms with Crippen LogP contribution in [0, 0.1) is 0 Å². The molecule has 3 aromatic rings. The van der Waals surface area contributed by atoms with Gasteiger partial charge >= 0.3 is 12.1 Å². The molecule has 3 rings (SSSR count). The smallest absolute Gasteiger partial charge is 0.416 e. The van der Waals surface area contributed by atoms with E-state index in [4.69, 9.17) is 0 Å². The van der Waals surface area contributed by atoms with Gasteiger partial charge in [0.25, 0.3) is 0 Å². The molecular weight excluding hydrogens is 515 g/mol. The predicted octanol–water partition coefficient (Wildman–Crippen LogP) is 7.59. The van der Waals surface area contributed by atoms with E-state index in [2.05, 4.69) is 6.58 Å². The number of carbonyl (C=O) groups excluding carboxylic acids is 1. The number of alkyl halides is 3. The second-order valence-electron chi connectivity index (χ2n) is 9.13. The van der Waals surface area contributed by atoms with Crippen LogP contribution in [0.5, 0.6) is 0 Å². The molecular formula is C33H30F3NO3. The first-order valence-electron chi connectivity index (χ1n) is 12.6. The lowest BCUT2D eigenvalue weighted by atomic mass is 10.0. The van der Waals surface area contributed by atoms with Crippen LogP contribution >= 0.6 is 0 Å². The lowest BCUT2D eigenvalue weighted by Crippen LogP contribution is -2.45. The Morgan fingerprint density at radius 2 is 1.57 bits per heavy atom. The van der Waals surface area contributed by atoms with Crippen LogP contribution in [0.2, 0.25) is 0 Å². The van der Waals surface area contributed by atoms with Crippen LogP contribution in [0.1, 0.15) is 34.7 Å². The molecule has 1 atom stereocenters. The molecule has 0 fully saturated rings. The summed E-state index contributed by atoms with van der Waals surface area (Å²) in [5, 5.41) is 10.1. The summed E-state index contributed by atoms with van der Waals surface area (Å²) in [7, 11) is 0. The molecule has 1 amide bonds. The zero-order chi connectivity index (χ0) is 29.1. The molecule has 0 aliphatic heterocycles. The molecule has 0 saturated heterocycles. The fourth-order valence-electron chi connectivity index (χ4n) is 4.00. The largest absolute Gasteiger partial charge is 0.480 e. The molecule has 0 radical (unpaired) electrons. The van der Waals surface area contributed by atoms with Gasteiger partial charge in [0.2, 0.25) is 5.91 Å². The molecule has 0 unspecified atom stereocenters. The minimum atomic E-state index is -4.47. The number of rotatable bonds is 11. The number of carboxylic acid groups (broad SMARTS) is 1. The van der Waals surface area contributed by atoms with Crippen molar-refractivity contribution in [3.05, 3.63) is 144 Å². The second-order valence-corrected chi connectivity index (χ2v) is 9.13. The summed E-state index contributed by atoms with van der Waals surface area (Å²) < 4.78 is 38.7. The van der Waals surface area contributed by atoms with Gasteiger partial charge in [0.05, 0.1) is 5.56 Å². The molecule has 0 aromatic heterocycles. The minimum absolute atomic E-state index is 0.0272. The van der Waals surface area contributed by atoms with E-state index in [1.54, 1.807) is 30.3 Å². The van der Waals surface area contributed by atoms with Gasteiger partial charge in [-0.25, -0.2) is 4.79 Å². The molecule has 206 valence electrons. The lowest BCUT2D eigenvalue weighted by Gasteiger charge is -2.28. The highest BCUT2D eigenvalue weighted by Crippen LogP contribution is 2.29. The Morgan fingerprint density at radius 1 is 0.925 bits per heavy atom. The van der Waals surface area contributed by atoms with Gasteiger partial charge in [-0.2, -0.15) is 13.2 Å². The van der Waals surface area contributed by atoms with E-state index < -0.39 is 29.7 Å². The molecule has 3 aromatic carbocycles. The third-order valence-corrected chi connectivity index (χ3v) is 6.23. The Morgan fingerprint density at radius 3 is 2.15 bits per heavy atom. The first-order valence-corrected chi connectivity index (χ1v) is 12.6. The Balaban J connectivity index is 1.89.